The molecule has 0 aliphatic carbocycles. The van der Waals surface area contributed by atoms with Gasteiger partial charge in [0.15, 0.2) is 0 Å². The Morgan fingerprint density at radius 1 is 0.839 bits per heavy atom. The van der Waals surface area contributed by atoms with Crippen molar-refractivity contribution >= 4 is 29.3 Å². The van der Waals surface area contributed by atoms with Gasteiger partial charge in [0.2, 0.25) is 11.8 Å². The van der Waals surface area contributed by atoms with Crippen LogP contribution in [0.25, 0.3) is 0 Å². The molecule has 0 aromatic heterocycles. The van der Waals surface area contributed by atoms with Crippen molar-refractivity contribution in [1.82, 2.24) is 10.6 Å². The third-order valence-electron chi connectivity index (χ3n) is 4.14. The van der Waals surface area contributed by atoms with E-state index in [1.54, 1.807) is 18.2 Å². The van der Waals surface area contributed by atoms with Gasteiger partial charge in [-0.15, -0.1) is 0 Å². The molecular formula is C21H22F2N4O4. The van der Waals surface area contributed by atoms with Crippen molar-refractivity contribution in [2.24, 2.45) is 5.73 Å². The molecule has 4 amide bonds. The van der Waals surface area contributed by atoms with Gasteiger partial charge in [-0.25, -0.2) is 8.78 Å². The maximum atomic E-state index is 13.6. The van der Waals surface area contributed by atoms with Crippen LogP contribution >= 0.6 is 0 Å². The Hall–Kier alpha value is -3.82. The quantitative estimate of drug-likeness (QED) is 0.426. The van der Waals surface area contributed by atoms with Crippen molar-refractivity contribution in [1.29, 1.82) is 0 Å². The van der Waals surface area contributed by atoms with Gasteiger partial charge in [0.1, 0.15) is 11.6 Å². The summed E-state index contributed by atoms with van der Waals surface area (Å²) in [6.07, 6.45) is 0.283. The monoisotopic (exact) mass is 432 g/mol. The van der Waals surface area contributed by atoms with E-state index >= 15 is 0 Å². The molecule has 0 saturated heterocycles. The average molecular weight is 432 g/mol. The lowest BCUT2D eigenvalue weighted by Crippen LogP contribution is -2.29. The second kappa shape index (κ2) is 11.4. The molecule has 0 unspecified atom stereocenters. The first-order valence-corrected chi connectivity index (χ1v) is 9.46. The Labute approximate surface area is 177 Å². The van der Waals surface area contributed by atoms with Crippen LogP contribution < -0.4 is 21.7 Å². The summed E-state index contributed by atoms with van der Waals surface area (Å²) in [4.78, 5) is 47.1. The minimum atomic E-state index is -0.971. The lowest BCUT2D eigenvalue weighted by atomic mass is 10.1. The highest BCUT2D eigenvalue weighted by molar-refractivity contribution is 6.03. The van der Waals surface area contributed by atoms with Crippen molar-refractivity contribution in [3.63, 3.8) is 0 Å². The van der Waals surface area contributed by atoms with Crippen LogP contribution in [-0.4, -0.2) is 36.7 Å². The van der Waals surface area contributed by atoms with E-state index in [9.17, 15) is 28.0 Å². The van der Waals surface area contributed by atoms with Gasteiger partial charge in [0.25, 0.3) is 11.8 Å². The molecule has 2 aromatic rings. The second-order valence-electron chi connectivity index (χ2n) is 6.55. The van der Waals surface area contributed by atoms with E-state index < -0.39 is 29.4 Å². The van der Waals surface area contributed by atoms with E-state index in [-0.39, 0.29) is 49.4 Å². The molecule has 0 fully saturated rings. The van der Waals surface area contributed by atoms with E-state index in [4.69, 9.17) is 5.73 Å². The van der Waals surface area contributed by atoms with Gasteiger partial charge in [-0.2, -0.15) is 0 Å². The topological polar surface area (TPSA) is 130 Å². The number of rotatable bonds is 10. The van der Waals surface area contributed by atoms with E-state index in [0.717, 1.165) is 12.1 Å². The number of carbonyl (C=O) groups excluding carboxylic acids is 4. The maximum Gasteiger partial charge on any atom is 0.254 e. The van der Waals surface area contributed by atoms with Crippen LogP contribution in [0.3, 0.4) is 0 Å². The van der Waals surface area contributed by atoms with Crippen molar-refractivity contribution in [3.05, 3.63) is 65.2 Å². The van der Waals surface area contributed by atoms with Crippen molar-refractivity contribution in [2.75, 3.05) is 18.4 Å². The zero-order valence-corrected chi connectivity index (χ0v) is 16.5. The third kappa shape index (κ3) is 7.50. The van der Waals surface area contributed by atoms with Gasteiger partial charge >= 0.3 is 0 Å². The van der Waals surface area contributed by atoms with E-state index in [0.29, 0.717) is 11.8 Å². The van der Waals surface area contributed by atoms with E-state index in [2.05, 4.69) is 16.0 Å². The first-order chi connectivity index (χ1) is 14.8. The van der Waals surface area contributed by atoms with Crippen molar-refractivity contribution in [3.8, 4) is 0 Å². The lowest BCUT2D eigenvalue weighted by Gasteiger charge is -2.11. The van der Waals surface area contributed by atoms with Gasteiger partial charge in [-0.3, -0.25) is 19.2 Å². The maximum absolute atomic E-state index is 13.6. The molecule has 0 aliphatic rings. The normalized spacial score (nSPS) is 10.3. The van der Waals surface area contributed by atoms with Crippen LogP contribution in [0.5, 0.6) is 0 Å². The zero-order chi connectivity index (χ0) is 22.8. The fourth-order valence-corrected chi connectivity index (χ4v) is 2.62. The number of hydrogen-bond acceptors (Lipinski definition) is 4. The van der Waals surface area contributed by atoms with Crippen LogP contribution in [0.2, 0.25) is 0 Å². The van der Waals surface area contributed by atoms with Gasteiger partial charge < -0.3 is 21.7 Å². The van der Waals surface area contributed by atoms with Crippen LogP contribution in [0, 0.1) is 11.6 Å². The second-order valence-corrected chi connectivity index (χ2v) is 6.55. The van der Waals surface area contributed by atoms with Gasteiger partial charge in [0, 0.05) is 32.0 Å². The number of primary amides is 1. The number of hydrogen-bond donors (Lipinski definition) is 4. The summed E-state index contributed by atoms with van der Waals surface area (Å²) < 4.78 is 26.5. The Bertz CT molecular complexity index is 982. The molecule has 0 bridgehead atoms. The number of anilines is 1. The highest BCUT2D eigenvalue weighted by Gasteiger charge is 2.14. The highest BCUT2D eigenvalue weighted by atomic mass is 19.1. The predicted octanol–water partition coefficient (Wildman–Crippen LogP) is 1.72. The summed E-state index contributed by atoms with van der Waals surface area (Å²) in [5.41, 5.74) is 5.26. The lowest BCUT2D eigenvalue weighted by molar-refractivity contribution is -0.118. The number of carbonyl (C=O) groups is 4. The summed E-state index contributed by atoms with van der Waals surface area (Å²) >= 11 is 0. The van der Waals surface area contributed by atoms with Crippen molar-refractivity contribution < 1.29 is 28.0 Å². The van der Waals surface area contributed by atoms with Crippen LogP contribution in [0.1, 0.15) is 40.0 Å². The summed E-state index contributed by atoms with van der Waals surface area (Å²) in [5, 5.41) is 7.62. The van der Waals surface area contributed by atoms with Crippen LogP contribution in [0.4, 0.5) is 14.5 Å². The standard InChI is InChI=1S/C21H22F2N4O4/c22-13-7-8-14(16(23)12-13)20(30)25-10-3-6-19(29)27-17-5-2-1-4-15(17)21(31)26-11-9-18(24)28/h1-2,4-5,7-8,12H,3,6,9-11H2,(H2,24,28)(H,25,30)(H,26,31)(H,27,29). The van der Waals surface area contributed by atoms with Gasteiger partial charge in [-0.1, -0.05) is 12.1 Å². The summed E-state index contributed by atoms with van der Waals surface area (Å²) in [5.74, 6) is -3.87. The zero-order valence-electron chi connectivity index (χ0n) is 16.5. The number of para-hydroxylation sites is 1. The predicted molar refractivity (Wildman–Crippen MR) is 109 cm³/mol. The average Bonchev–Trinajstić information content (AvgIpc) is 2.71. The molecule has 10 heteroatoms. The van der Waals surface area contributed by atoms with E-state index in [1.165, 1.54) is 6.07 Å². The summed E-state index contributed by atoms with van der Waals surface area (Å²) in [6.45, 7) is 0.170. The SMILES string of the molecule is NC(=O)CCNC(=O)c1ccccc1NC(=O)CCCNC(=O)c1ccc(F)cc1F. The van der Waals surface area contributed by atoms with Crippen molar-refractivity contribution in [2.45, 2.75) is 19.3 Å². The molecule has 5 N–H and O–H groups in total. The molecule has 8 nitrogen and oxygen atoms in total. The highest BCUT2D eigenvalue weighted by Crippen LogP contribution is 2.15. The number of nitrogens with two attached hydrogens (primary N) is 1. The fourth-order valence-electron chi connectivity index (χ4n) is 2.62. The first-order valence-electron chi connectivity index (χ1n) is 9.46. The first kappa shape index (κ1) is 23.5. The molecular weight excluding hydrogens is 410 g/mol. The molecule has 0 heterocycles. The molecule has 164 valence electrons. The Morgan fingerprint density at radius 2 is 1.52 bits per heavy atom. The molecule has 0 saturated carbocycles. The smallest absolute Gasteiger partial charge is 0.254 e. The minimum Gasteiger partial charge on any atom is -0.370 e. The van der Waals surface area contributed by atoms with Gasteiger partial charge in [0.05, 0.1) is 16.8 Å². The van der Waals surface area contributed by atoms with Gasteiger partial charge in [-0.05, 0) is 30.7 Å². The molecule has 2 rings (SSSR count). The molecule has 0 aliphatic heterocycles. The molecule has 31 heavy (non-hydrogen) atoms. The Kier molecular flexibility index (Phi) is 8.62. The van der Waals surface area contributed by atoms with Crippen LogP contribution in [-0.2, 0) is 9.59 Å². The van der Waals surface area contributed by atoms with E-state index in [1.807, 2.05) is 0 Å². The van der Waals surface area contributed by atoms with Crippen LogP contribution in [0.15, 0.2) is 42.5 Å². The molecule has 2 aromatic carbocycles. The minimum absolute atomic E-state index is 0.00614. The number of halogens is 2. The molecule has 0 spiro atoms. The number of nitrogens with one attached hydrogen (secondary N) is 3. The Balaban J connectivity index is 1.81. The summed E-state index contributed by atoms with van der Waals surface area (Å²) in [7, 11) is 0. The summed E-state index contributed by atoms with van der Waals surface area (Å²) in [6, 6.07) is 8.98. The fraction of sp³-hybridized carbons (Fsp3) is 0.238. The number of amides is 4. The largest absolute Gasteiger partial charge is 0.370 e. The molecule has 0 radical (unpaired) electrons. The molecule has 0 atom stereocenters. The Morgan fingerprint density at radius 3 is 2.23 bits per heavy atom. The third-order valence-corrected chi connectivity index (χ3v) is 4.14. The number of benzene rings is 2.